The number of nitrogen functional groups attached to an aromatic ring is 1. The van der Waals surface area contributed by atoms with Crippen molar-refractivity contribution >= 4 is 15.7 Å². The molecule has 0 aliphatic carbocycles. The molecule has 0 saturated carbocycles. The van der Waals surface area contributed by atoms with E-state index in [1.807, 2.05) is 20.0 Å². The maximum Gasteiger partial charge on any atom is 0.242 e. The first-order chi connectivity index (χ1) is 9.81. The average Bonchev–Trinajstić information content (AvgIpc) is 2.41. The van der Waals surface area contributed by atoms with Crippen molar-refractivity contribution < 1.29 is 13.2 Å². The average molecular weight is 313 g/mol. The van der Waals surface area contributed by atoms with Gasteiger partial charge in [-0.25, -0.2) is 13.1 Å². The predicted octanol–water partition coefficient (Wildman–Crippen LogP) is 0.495. The number of aryl methyl sites for hydroxylation is 1. The van der Waals surface area contributed by atoms with Crippen molar-refractivity contribution in [3.05, 3.63) is 23.3 Å². The first-order valence-electron chi connectivity index (χ1n) is 6.97. The van der Waals surface area contributed by atoms with Crippen molar-refractivity contribution in [3.8, 4) is 0 Å². The van der Waals surface area contributed by atoms with Gasteiger partial charge in [-0.1, -0.05) is 6.07 Å². The second-order valence-electron chi connectivity index (χ2n) is 5.53. The van der Waals surface area contributed by atoms with Crippen LogP contribution in [0.4, 0.5) is 5.69 Å². The van der Waals surface area contributed by atoms with Gasteiger partial charge in [0.15, 0.2) is 0 Å². The summed E-state index contributed by atoms with van der Waals surface area (Å²) in [5.41, 5.74) is 7.70. The fourth-order valence-corrected chi connectivity index (χ4v) is 3.92. The highest BCUT2D eigenvalue weighted by molar-refractivity contribution is 7.89. The lowest BCUT2D eigenvalue weighted by Crippen LogP contribution is -2.46. The van der Waals surface area contributed by atoms with Gasteiger partial charge in [-0.15, -0.1) is 0 Å². The molecule has 0 radical (unpaired) electrons. The summed E-state index contributed by atoms with van der Waals surface area (Å²) in [5.74, 6) is 0. The van der Waals surface area contributed by atoms with Gasteiger partial charge in [0, 0.05) is 19.6 Å². The van der Waals surface area contributed by atoms with Gasteiger partial charge in [0.25, 0.3) is 0 Å². The topological polar surface area (TPSA) is 84.7 Å². The lowest BCUT2D eigenvalue weighted by Gasteiger charge is -2.30. The zero-order chi connectivity index (χ0) is 15.6. The Kier molecular flexibility index (Phi) is 4.88. The molecule has 118 valence electrons. The quantitative estimate of drug-likeness (QED) is 0.791. The van der Waals surface area contributed by atoms with E-state index < -0.39 is 10.0 Å². The van der Waals surface area contributed by atoms with Gasteiger partial charge in [-0.05, 0) is 38.1 Å². The zero-order valence-electron chi connectivity index (χ0n) is 12.7. The van der Waals surface area contributed by atoms with Crippen LogP contribution in [-0.2, 0) is 14.8 Å². The van der Waals surface area contributed by atoms with E-state index in [4.69, 9.17) is 10.5 Å². The Morgan fingerprint density at radius 3 is 2.81 bits per heavy atom. The third kappa shape index (κ3) is 3.74. The van der Waals surface area contributed by atoms with E-state index in [9.17, 15) is 8.42 Å². The van der Waals surface area contributed by atoms with Gasteiger partial charge >= 0.3 is 0 Å². The van der Waals surface area contributed by atoms with Crippen LogP contribution in [0, 0.1) is 13.8 Å². The van der Waals surface area contributed by atoms with E-state index in [1.54, 1.807) is 13.0 Å². The summed E-state index contributed by atoms with van der Waals surface area (Å²) in [6, 6.07) is 3.45. The molecule has 1 aromatic rings. The number of rotatable bonds is 4. The largest absolute Gasteiger partial charge is 0.398 e. The Hall–Kier alpha value is -1.15. The van der Waals surface area contributed by atoms with Crippen molar-refractivity contribution in [2.75, 3.05) is 39.0 Å². The number of ether oxygens (including phenoxy) is 1. The maximum absolute atomic E-state index is 12.5. The highest BCUT2D eigenvalue weighted by atomic mass is 32.2. The molecule has 1 aliphatic rings. The molecule has 0 amide bonds. The molecule has 0 aromatic heterocycles. The van der Waals surface area contributed by atoms with Crippen LogP contribution < -0.4 is 10.5 Å². The van der Waals surface area contributed by atoms with Gasteiger partial charge < -0.3 is 15.4 Å². The summed E-state index contributed by atoms with van der Waals surface area (Å²) in [7, 11) is -1.64. The zero-order valence-corrected chi connectivity index (χ0v) is 13.5. The molecule has 1 saturated heterocycles. The molecule has 1 heterocycles. The van der Waals surface area contributed by atoms with Crippen molar-refractivity contribution in [2.45, 2.75) is 24.8 Å². The van der Waals surface area contributed by atoms with Gasteiger partial charge in [-0.2, -0.15) is 0 Å². The Morgan fingerprint density at radius 1 is 1.43 bits per heavy atom. The number of likely N-dealkylation sites (N-methyl/N-ethyl adjacent to an activating group) is 1. The second kappa shape index (κ2) is 6.31. The minimum absolute atomic E-state index is 0.134. The number of morpholine rings is 1. The number of nitrogens with zero attached hydrogens (tertiary/aromatic N) is 1. The van der Waals surface area contributed by atoms with Crippen molar-refractivity contribution in [2.24, 2.45) is 0 Å². The highest BCUT2D eigenvalue weighted by Crippen LogP contribution is 2.25. The highest BCUT2D eigenvalue weighted by Gasteiger charge is 2.24. The number of sulfonamides is 1. The van der Waals surface area contributed by atoms with Crippen molar-refractivity contribution in [1.82, 2.24) is 9.62 Å². The maximum atomic E-state index is 12.5. The standard InChI is InChI=1S/C14H23N3O3S/c1-10-4-5-13(15)14(11(10)2)21(18,19)16-8-12-9-17(3)6-7-20-12/h4-5,12,16H,6-9,15H2,1-3H3. The Labute approximate surface area is 126 Å². The molecule has 1 aromatic carbocycles. The molecule has 1 atom stereocenters. The van der Waals surface area contributed by atoms with E-state index >= 15 is 0 Å². The van der Waals surface area contributed by atoms with E-state index in [0.717, 1.165) is 12.1 Å². The minimum atomic E-state index is -3.63. The third-order valence-corrected chi connectivity index (χ3v) is 5.44. The van der Waals surface area contributed by atoms with Crippen LogP contribution in [0.25, 0.3) is 0 Å². The number of anilines is 1. The van der Waals surface area contributed by atoms with Crippen LogP contribution in [0.15, 0.2) is 17.0 Å². The van der Waals surface area contributed by atoms with Gasteiger partial charge in [-0.3, -0.25) is 0 Å². The summed E-state index contributed by atoms with van der Waals surface area (Å²) in [5, 5.41) is 0. The molecule has 3 N–H and O–H groups in total. The van der Waals surface area contributed by atoms with Gasteiger partial charge in [0.1, 0.15) is 4.90 Å². The molecule has 0 bridgehead atoms. The van der Waals surface area contributed by atoms with E-state index in [1.165, 1.54) is 0 Å². The Bertz CT molecular complexity index is 616. The lowest BCUT2D eigenvalue weighted by atomic mass is 10.1. The monoisotopic (exact) mass is 313 g/mol. The number of hydrogen-bond donors (Lipinski definition) is 2. The molecular formula is C14H23N3O3S. The Morgan fingerprint density at radius 2 is 2.14 bits per heavy atom. The first kappa shape index (κ1) is 16.2. The SMILES string of the molecule is Cc1ccc(N)c(S(=O)(=O)NCC2CN(C)CCO2)c1C. The van der Waals surface area contributed by atoms with Gasteiger partial charge in [0.05, 0.1) is 18.4 Å². The summed E-state index contributed by atoms with van der Waals surface area (Å²) in [6.45, 7) is 6.09. The van der Waals surface area contributed by atoms with Crippen molar-refractivity contribution in [3.63, 3.8) is 0 Å². The summed E-state index contributed by atoms with van der Waals surface area (Å²) in [6.07, 6.45) is -0.134. The smallest absolute Gasteiger partial charge is 0.242 e. The molecular weight excluding hydrogens is 290 g/mol. The molecule has 1 fully saturated rings. The van der Waals surface area contributed by atoms with Gasteiger partial charge in [0.2, 0.25) is 10.0 Å². The lowest BCUT2D eigenvalue weighted by molar-refractivity contribution is -0.0156. The van der Waals surface area contributed by atoms with Crippen LogP contribution in [0.5, 0.6) is 0 Å². The van der Waals surface area contributed by atoms with Crippen LogP contribution in [0.1, 0.15) is 11.1 Å². The normalized spacial score (nSPS) is 20.6. The number of benzene rings is 1. The van der Waals surface area contributed by atoms with Crippen LogP contribution in [0.3, 0.4) is 0 Å². The molecule has 1 aliphatic heterocycles. The molecule has 1 unspecified atom stereocenters. The van der Waals surface area contributed by atoms with E-state index in [0.29, 0.717) is 18.7 Å². The molecule has 0 spiro atoms. The van der Waals surface area contributed by atoms with Crippen LogP contribution in [0.2, 0.25) is 0 Å². The molecule has 6 nitrogen and oxygen atoms in total. The van der Waals surface area contributed by atoms with Crippen LogP contribution >= 0.6 is 0 Å². The minimum Gasteiger partial charge on any atom is -0.398 e. The molecule has 7 heteroatoms. The molecule has 21 heavy (non-hydrogen) atoms. The predicted molar refractivity (Wildman–Crippen MR) is 82.8 cm³/mol. The fraction of sp³-hybridized carbons (Fsp3) is 0.571. The second-order valence-corrected chi connectivity index (χ2v) is 7.24. The third-order valence-electron chi connectivity index (χ3n) is 3.82. The summed E-state index contributed by atoms with van der Waals surface area (Å²) in [4.78, 5) is 2.29. The van der Waals surface area contributed by atoms with Crippen molar-refractivity contribution in [1.29, 1.82) is 0 Å². The van der Waals surface area contributed by atoms with E-state index in [-0.39, 0.29) is 23.2 Å². The van der Waals surface area contributed by atoms with E-state index in [2.05, 4.69) is 9.62 Å². The number of nitrogens with two attached hydrogens (primary N) is 1. The number of nitrogens with one attached hydrogen (secondary N) is 1. The summed E-state index contributed by atoms with van der Waals surface area (Å²) < 4.78 is 33.2. The van der Waals surface area contributed by atoms with Crippen LogP contribution in [-0.4, -0.2) is 52.7 Å². The number of hydrogen-bond acceptors (Lipinski definition) is 5. The summed E-state index contributed by atoms with van der Waals surface area (Å²) >= 11 is 0. The Balaban J connectivity index is 2.14. The first-order valence-corrected chi connectivity index (χ1v) is 8.45. The molecule has 2 rings (SSSR count). The fourth-order valence-electron chi connectivity index (χ4n) is 2.43.